The molecule has 0 bridgehead atoms. The number of rotatable bonds is 1. The van der Waals surface area contributed by atoms with E-state index in [9.17, 15) is 14.0 Å². The number of carbonyl (C=O) groups is 1. The lowest BCUT2D eigenvalue weighted by molar-refractivity contribution is 0.0694. The van der Waals surface area contributed by atoms with E-state index in [1.54, 1.807) is 0 Å². The molecule has 1 heterocycles. The zero-order chi connectivity index (χ0) is 11.9. The minimum absolute atomic E-state index is 0.299. The maximum Gasteiger partial charge on any atom is 0.341 e. The largest absolute Gasteiger partial charge is 0.477 e. The van der Waals surface area contributed by atoms with Crippen molar-refractivity contribution in [3.63, 3.8) is 0 Å². The molecule has 0 unspecified atom stereocenters. The topological polar surface area (TPSA) is 70.2 Å². The number of hydrogen-bond donors (Lipinski definition) is 2. The van der Waals surface area contributed by atoms with Crippen LogP contribution in [0.3, 0.4) is 0 Å². The van der Waals surface area contributed by atoms with Crippen LogP contribution in [0.15, 0.2) is 23.0 Å². The van der Waals surface area contributed by atoms with Crippen molar-refractivity contribution in [3.05, 3.63) is 45.5 Å². The molecule has 0 spiro atoms. The van der Waals surface area contributed by atoms with E-state index in [2.05, 4.69) is 4.98 Å². The number of aromatic carboxylic acids is 1. The lowest BCUT2D eigenvalue weighted by Crippen LogP contribution is -2.19. The van der Waals surface area contributed by atoms with Gasteiger partial charge in [-0.05, 0) is 30.7 Å². The first kappa shape index (κ1) is 10.4. The standard InChI is InChI=1S/C11H8FNO3/c1-5-7-3-2-6(12)4-8(7)13-10(14)9(5)11(15)16/h2-4H,1H3,(H,13,14)(H,15,16). The molecule has 2 aromatic rings. The number of hydrogen-bond acceptors (Lipinski definition) is 2. The number of carboxylic acid groups (broad SMARTS) is 1. The molecule has 0 atom stereocenters. The molecule has 2 N–H and O–H groups in total. The number of H-pyrrole nitrogens is 1. The molecule has 0 aliphatic rings. The van der Waals surface area contributed by atoms with Gasteiger partial charge in [0.15, 0.2) is 0 Å². The first-order valence-corrected chi connectivity index (χ1v) is 4.56. The lowest BCUT2D eigenvalue weighted by atomic mass is 10.1. The van der Waals surface area contributed by atoms with E-state index in [0.717, 1.165) is 6.07 Å². The van der Waals surface area contributed by atoms with Gasteiger partial charge >= 0.3 is 5.97 Å². The second-order valence-corrected chi connectivity index (χ2v) is 3.45. The van der Waals surface area contributed by atoms with Crippen molar-refractivity contribution in [1.29, 1.82) is 0 Å². The SMILES string of the molecule is Cc1c(C(=O)O)c(=O)[nH]c2cc(F)ccc12. The van der Waals surface area contributed by atoms with E-state index in [0.29, 0.717) is 16.5 Å². The first-order chi connectivity index (χ1) is 7.50. The normalized spacial score (nSPS) is 10.6. The lowest BCUT2D eigenvalue weighted by Gasteiger charge is -2.05. The summed E-state index contributed by atoms with van der Waals surface area (Å²) in [6.45, 7) is 1.53. The van der Waals surface area contributed by atoms with E-state index >= 15 is 0 Å². The predicted octanol–water partition coefficient (Wildman–Crippen LogP) is 1.67. The van der Waals surface area contributed by atoms with E-state index in [1.807, 2.05) is 0 Å². The van der Waals surface area contributed by atoms with Crippen LogP contribution < -0.4 is 5.56 Å². The molecule has 0 amide bonds. The zero-order valence-electron chi connectivity index (χ0n) is 8.37. The minimum atomic E-state index is -1.29. The fraction of sp³-hybridized carbons (Fsp3) is 0.0909. The van der Waals surface area contributed by atoms with Crippen molar-refractivity contribution < 1.29 is 14.3 Å². The second kappa shape index (κ2) is 3.44. The smallest absolute Gasteiger partial charge is 0.341 e. The summed E-state index contributed by atoms with van der Waals surface area (Å²) in [5.41, 5.74) is -0.388. The van der Waals surface area contributed by atoms with Gasteiger partial charge in [0.05, 0.1) is 5.52 Å². The Labute approximate surface area is 89.3 Å². The summed E-state index contributed by atoms with van der Waals surface area (Å²) >= 11 is 0. The number of aromatic amines is 1. The van der Waals surface area contributed by atoms with Crippen LogP contribution in [-0.2, 0) is 0 Å². The zero-order valence-corrected chi connectivity index (χ0v) is 8.37. The third-order valence-electron chi connectivity index (χ3n) is 2.45. The molecule has 1 aromatic heterocycles. The van der Waals surface area contributed by atoms with Crippen LogP contribution in [0.5, 0.6) is 0 Å². The highest BCUT2D eigenvalue weighted by Gasteiger charge is 2.15. The number of nitrogens with one attached hydrogen (secondary N) is 1. The second-order valence-electron chi connectivity index (χ2n) is 3.45. The van der Waals surface area contributed by atoms with Gasteiger partial charge in [-0.3, -0.25) is 4.79 Å². The van der Waals surface area contributed by atoms with Crippen LogP contribution in [0.25, 0.3) is 10.9 Å². The molecule has 0 saturated heterocycles. The Morgan fingerprint density at radius 1 is 1.44 bits per heavy atom. The molecule has 4 nitrogen and oxygen atoms in total. The monoisotopic (exact) mass is 221 g/mol. The van der Waals surface area contributed by atoms with E-state index < -0.39 is 17.3 Å². The number of halogens is 1. The van der Waals surface area contributed by atoms with Gasteiger partial charge < -0.3 is 10.1 Å². The molecule has 82 valence electrons. The molecule has 16 heavy (non-hydrogen) atoms. The highest BCUT2D eigenvalue weighted by molar-refractivity contribution is 5.95. The van der Waals surface area contributed by atoms with Crippen molar-refractivity contribution in [2.24, 2.45) is 0 Å². The minimum Gasteiger partial charge on any atom is -0.477 e. The molecule has 0 fully saturated rings. The molecule has 0 saturated carbocycles. The van der Waals surface area contributed by atoms with Gasteiger partial charge in [0.2, 0.25) is 0 Å². The maximum absolute atomic E-state index is 12.9. The van der Waals surface area contributed by atoms with Crippen LogP contribution >= 0.6 is 0 Å². The van der Waals surface area contributed by atoms with Gasteiger partial charge in [0.25, 0.3) is 5.56 Å². The molecule has 5 heteroatoms. The van der Waals surface area contributed by atoms with Gasteiger partial charge in [-0.2, -0.15) is 0 Å². The van der Waals surface area contributed by atoms with Crippen molar-refractivity contribution in [2.75, 3.05) is 0 Å². The van der Waals surface area contributed by atoms with Crippen LogP contribution in [0.2, 0.25) is 0 Å². The average Bonchev–Trinajstić information content (AvgIpc) is 2.15. The van der Waals surface area contributed by atoms with Gasteiger partial charge in [0.1, 0.15) is 11.4 Å². The van der Waals surface area contributed by atoms with Crippen LogP contribution in [-0.4, -0.2) is 16.1 Å². The third kappa shape index (κ3) is 1.46. The number of aromatic nitrogens is 1. The number of carboxylic acids is 1. The van der Waals surface area contributed by atoms with Crippen LogP contribution in [0, 0.1) is 12.7 Å². The van der Waals surface area contributed by atoms with Gasteiger partial charge in [-0.25, -0.2) is 9.18 Å². The number of aryl methyl sites for hydroxylation is 1. The van der Waals surface area contributed by atoms with Crippen molar-refractivity contribution in [1.82, 2.24) is 4.98 Å². The van der Waals surface area contributed by atoms with Gasteiger partial charge in [-0.15, -0.1) is 0 Å². The number of benzene rings is 1. The molecule has 0 radical (unpaired) electrons. The summed E-state index contributed by atoms with van der Waals surface area (Å²) in [7, 11) is 0. The highest BCUT2D eigenvalue weighted by atomic mass is 19.1. The molecular formula is C11H8FNO3. The summed E-state index contributed by atoms with van der Waals surface area (Å²) in [6.07, 6.45) is 0. The number of pyridine rings is 1. The molecule has 1 aromatic carbocycles. The van der Waals surface area contributed by atoms with Crippen molar-refractivity contribution >= 4 is 16.9 Å². The summed E-state index contributed by atoms with van der Waals surface area (Å²) in [4.78, 5) is 24.7. The molecular weight excluding hydrogens is 213 g/mol. The maximum atomic E-state index is 12.9. The number of fused-ring (bicyclic) bond motifs is 1. The fourth-order valence-electron chi connectivity index (χ4n) is 1.69. The first-order valence-electron chi connectivity index (χ1n) is 4.56. The van der Waals surface area contributed by atoms with Crippen LogP contribution in [0.4, 0.5) is 4.39 Å². The highest BCUT2D eigenvalue weighted by Crippen LogP contribution is 2.18. The van der Waals surface area contributed by atoms with Crippen molar-refractivity contribution in [2.45, 2.75) is 6.92 Å². The van der Waals surface area contributed by atoms with Gasteiger partial charge in [0, 0.05) is 5.39 Å². The predicted molar refractivity (Wildman–Crippen MR) is 56.2 cm³/mol. The fourth-order valence-corrected chi connectivity index (χ4v) is 1.69. The summed E-state index contributed by atoms with van der Waals surface area (Å²) in [5.74, 6) is -1.77. The third-order valence-corrected chi connectivity index (χ3v) is 2.45. The van der Waals surface area contributed by atoms with E-state index in [-0.39, 0.29) is 5.56 Å². The Bertz CT molecular complexity index is 645. The molecule has 0 aliphatic heterocycles. The quantitative estimate of drug-likeness (QED) is 0.769. The summed E-state index contributed by atoms with van der Waals surface area (Å²) < 4.78 is 12.9. The molecule has 0 aliphatic carbocycles. The summed E-state index contributed by atoms with van der Waals surface area (Å²) in [6, 6.07) is 3.83. The Balaban J connectivity index is 2.94. The Hall–Kier alpha value is -2.17. The Morgan fingerprint density at radius 2 is 2.12 bits per heavy atom. The van der Waals surface area contributed by atoms with Gasteiger partial charge in [-0.1, -0.05) is 0 Å². The van der Waals surface area contributed by atoms with Crippen LogP contribution in [0.1, 0.15) is 15.9 Å². The van der Waals surface area contributed by atoms with Crippen molar-refractivity contribution in [3.8, 4) is 0 Å². The van der Waals surface area contributed by atoms with E-state index in [1.165, 1.54) is 19.1 Å². The van der Waals surface area contributed by atoms with E-state index in [4.69, 9.17) is 5.11 Å². The average molecular weight is 221 g/mol. The molecule has 2 rings (SSSR count). The Morgan fingerprint density at radius 3 is 2.75 bits per heavy atom. The summed E-state index contributed by atoms with van der Waals surface area (Å²) in [5, 5.41) is 9.39. The Kier molecular flexibility index (Phi) is 2.23.